The van der Waals surface area contributed by atoms with Crippen molar-refractivity contribution < 1.29 is 0 Å². The molecule has 6 heteroatoms. The first-order valence-corrected chi connectivity index (χ1v) is 7.50. The molecule has 0 bridgehead atoms. The Morgan fingerprint density at radius 2 is 1.88 bits per heavy atom. The van der Waals surface area contributed by atoms with Crippen molar-refractivity contribution in [3.05, 3.63) is 59.8 Å². The zero-order valence-electron chi connectivity index (χ0n) is 14.2. The van der Waals surface area contributed by atoms with Gasteiger partial charge in [-0.15, -0.1) is 0 Å². The Balaban J connectivity index is 2.56. The van der Waals surface area contributed by atoms with E-state index in [1.54, 1.807) is 13.1 Å². The van der Waals surface area contributed by atoms with Gasteiger partial charge in [0.05, 0.1) is 17.6 Å². The lowest BCUT2D eigenvalue weighted by molar-refractivity contribution is 1.16. The molecule has 1 heterocycles. The van der Waals surface area contributed by atoms with Crippen LogP contribution < -0.4 is 11.5 Å². The Morgan fingerprint density at radius 1 is 1.12 bits per heavy atom. The van der Waals surface area contributed by atoms with Crippen LogP contribution in [0.2, 0.25) is 0 Å². The van der Waals surface area contributed by atoms with Crippen LogP contribution in [0.15, 0.2) is 69.2 Å². The predicted molar refractivity (Wildman–Crippen MR) is 102 cm³/mol. The first kappa shape index (κ1) is 17.2. The predicted octanol–water partition coefficient (Wildman–Crippen LogP) is 3.09. The summed E-state index contributed by atoms with van der Waals surface area (Å²) in [5, 5.41) is 1.06. The summed E-state index contributed by atoms with van der Waals surface area (Å²) >= 11 is 0. The molecule has 0 aliphatic rings. The van der Waals surface area contributed by atoms with Crippen molar-refractivity contribution in [2.45, 2.75) is 20.8 Å². The third kappa shape index (κ3) is 4.19. The number of rotatable bonds is 4. The molecule has 24 heavy (non-hydrogen) atoms. The van der Waals surface area contributed by atoms with Gasteiger partial charge in [-0.2, -0.15) is 0 Å². The minimum absolute atomic E-state index is 0.213. The van der Waals surface area contributed by atoms with E-state index in [0.717, 1.165) is 22.2 Å². The van der Waals surface area contributed by atoms with Crippen LogP contribution >= 0.6 is 0 Å². The van der Waals surface area contributed by atoms with Gasteiger partial charge in [0, 0.05) is 28.4 Å². The topological polar surface area (TPSA) is 105 Å². The summed E-state index contributed by atoms with van der Waals surface area (Å²) in [7, 11) is 0. The summed E-state index contributed by atoms with van der Waals surface area (Å²) in [6.45, 7) is 8.97. The molecule has 5 N–H and O–H groups in total. The number of aromatic nitrogens is 1. The highest BCUT2D eigenvalue weighted by Crippen LogP contribution is 2.19. The van der Waals surface area contributed by atoms with Gasteiger partial charge in [-0.1, -0.05) is 18.7 Å². The molecule has 0 amide bonds. The van der Waals surface area contributed by atoms with Crippen molar-refractivity contribution in [3.63, 3.8) is 0 Å². The van der Waals surface area contributed by atoms with Crippen LogP contribution in [0.25, 0.3) is 10.9 Å². The lowest BCUT2D eigenvalue weighted by atomic mass is 10.1. The number of hydrogen-bond acceptors (Lipinski definition) is 4. The van der Waals surface area contributed by atoms with Gasteiger partial charge in [0.2, 0.25) is 0 Å². The van der Waals surface area contributed by atoms with Crippen LogP contribution in [-0.2, 0) is 0 Å². The maximum atomic E-state index is 5.85. The van der Waals surface area contributed by atoms with Gasteiger partial charge in [-0.25, -0.2) is 15.0 Å². The number of H-pyrrole nitrogens is 1. The molecule has 0 spiro atoms. The van der Waals surface area contributed by atoms with Gasteiger partial charge in [0.25, 0.3) is 0 Å². The standard InChI is InChI=1S/C18H22N6/c1-11(19)12(2)23-18(10-22-14(4)24-13(3)20)15-6-5-7-17-16(15)8-9-21-17/h5-10,21H,3,19-20H2,1-2,4H3/b12-11-,22-10?,23-18?,24-14+. The second kappa shape index (κ2) is 7.41. The summed E-state index contributed by atoms with van der Waals surface area (Å²) in [5.74, 6) is 0.715. The molecular weight excluding hydrogens is 300 g/mol. The van der Waals surface area contributed by atoms with Crippen molar-refractivity contribution >= 4 is 28.7 Å². The molecule has 6 nitrogen and oxygen atoms in total. The number of nitrogens with zero attached hydrogens (tertiary/aromatic N) is 3. The average Bonchev–Trinajstić information content (AvgIpc) is 2.98. The largest absolute Gasteiger partial charge is 0.401 e. The van der Waals surface area contributed by atoms with E-state index in [9.17, 15) is 0 Å². The van der Waals surface area contributed by atoms with Crippen LogP contribution in [0, 0.1) is 0 Å². The third-order valence-electron chi connectivity index (χ3n) is 3.41. The number of benzene rings is 1. The number of allylic oxidation sites excluding steroid dienone is 2. The maximum absolute atomic E-state index is 5.85. The number of hydrogen-bond donors (Lipinski definition) is 3. The van der Waals surface area contributed by atoms with Crippen molar-refractivity contribution in [3.8, 4) is 0 Å². The number of fused-ring (bicyclic) bond motifs is 1. The van der Waals surface area contributed by atoms with Gasteiger partial charge in [0.15, 0.2) is 0 Å². The molecule has 0 atom stereocenters. The fourth-order valence-electron chi connectivity index (χ4n) is 2.13. The first-order chi connectivity index (χ1) is 11.4. The van der Waals surface area contributed by atoms with Gasteiger partial charge >= 0.3 is 0 Å². The van der Waals surface area contributed by atoms with Crippen LogP contribution in [-0.4, -0.2) is 22.7 Å². The van der Waals surface area contributed by atoms with Crippen molar-refractivity contribution in [2.24, 2.45) is 26.4 Å². The molecule has 0 radical (unpaired) electrons. The van der Waals surface area contributed by atoms with E-state index in [2.05, 4.69) is 26.5 Å². The minimum Gasteiger partial charge on any atom is -0.401 e. The SMILES string of the molecule is C=C(N)/N=C(\C)N=CC(=N/C(C)=C(/C)N)c1cccc2[nH]ccc12. The molecular formula is C18H22N6. The number of nitrogens with one attached hydrogen (secondary N) is 1. The van der Waals surface area contributed by atoms with E-state index < -0.39 is 0 Å². The molecule has 0 aliphatic carbocycles. The fourth-order valence-corrected chi connectivity index (χ4v) is 2.13. The molecule has 0 fully saturated rings. The lowest BCUT2D eigenvalue weighted by Gasteiger charge is -2.05. The molecule has 0 aliphatic heterocycles. The van der Waals surface area contributed by atoms with E-state index >= 15 is 0 Å². The summed E-state index contributed by atoms with van der Waals surface area (Å²) in [6.07, 6.45) is 3.56. The van der Waals surface area contributed by atoms with E-state index in [1.807, 2.05) is 44.3 Å². The van der Waals surface area contributed by atoms with Gasteiger partial charge in [-0.05, 0) is 32.9 Å². The smallest absolute Gasteiger partial charge is 0.127 e. The highest BCUT2D eigenvalue weighted by Gasteiger charge is 2.08. The Bertz CT molecular complexity index is 876. The monoisotopic (exact) mass is 322 g/mol. The molecule has 2 aromatic rings. The highest BCUT2D eigenvalue weighted by atomic mass is 15.0. The second-order valence-electron chi connectivity index (χ2n) is 5.42. The summed E-state index contributed by atoms with van der Waals surface area (Å²) in [5.41, 5.74) is 15.4. The summed E-state index contributed by atoms with van der Waals surface area (Å²) in [6, 6.07) is 7.98. The first-order valence-electron chi connectivity index (χ1n) is 7.50. The zero-order valence-corrected chi connectivity index (χ0v) is 14.2. The summed E-state index contributed by atoms with van der Waals surface area (Å²) < 4.78 is 0. The average molecular weight is 322 g/mol. The van der Waals surface area contributed by atoms with Crippen LogP contribution in [0.5, 0.6) is 0 Å². The highest BCUT2D eigenvalue weighted by molar-refractivity contribution is 6.42. The number of nitrogens with two attached hydrogens (primary N) is 2. The molecule has 0 unspecified atom stereocenters. The fraction of sp³-hybridized carbons (Fsp3) is 0.167. The van der Waals surface area contributed by atoms with Crippen molar-refractivity contribution in [2.75, 3.05) is 0 Å². The molecule has 1 aromatic carbocycles. The second-order valence-corrected chi connectivity index (χ2v) is 5.42. The Morgan fingerprint density at radius 3 is 2.54 bits per heavy atom. The van der Waals surface area contributed by atoms with Gasteiger partial charge < -0.3 is 16.5 Å². The number of aliphatic imine (C=N–C) groups is 3. The quantitative estimate of drug-likeness (QED) is 0.594. The van der Waals surface area contributed by atoms with Crippen LogP contribution in [0.4, 0.5) is 0 Å². The van der Waals surface area contributed by atoms with E-state index in [0.29, 0.717) is 17.2 Å². The zero-order chi connectivity index (χ0) is 17.7. The molecule has 0 saturated carbocycles. The van der Waals surface area contributed by atoms with Gasteiger partial charge in [-0.3, -0.25) is 0 Å². The normalized spacial score (nSPS) is 14.3. The number of aromatic amines is 1. The van der Waals surface area contributed by atoms with E-state index in [-0.39, 0.29) is 5.82 Å². The van der Waals surface area contributed by atoms with Crippen LogP contribution in [0.1, 0.15) is 26.3 Å². The Kier molecular flexibility index (Phi) is 5.31. The molecule has 0 saturated heterocycles. The van der Waals surface area contributed by atoms with Crippen molar-refractivity contribution in [1.29, 1.82) is 0 Å². The third-order valence-corrected chi connectivity index (χ3v) is 3.41. The Hall–Kier alpha value is -3.15. The molecule has 1 aromatic heterocycles. The maximum Gasteiger partial charge on any atom is 0.127 e. The van der Waals surface area contributed by atoms with E-state index in [1.165, 1.54) is 0 Å². The Labute approximate surface area is 141 Å². The summed E-state index contributed by atoms with van der Waals surface area (Å²) in [4.78, 5) is 16.2. The number of amidine groups is 1. The van der Waals surface area contributed by atoms with Crippen molar-refractivity contribution in [1.82, 2.24) is 4.98 Å². The molecule has 2 rings (SSSR count). The van der Waals surface area contributed by atoms with E-state index in [4.69, 9.17) is 11.5 Å². The van der Waals surface area contributed by atoms with Gasteiger partial charge in [0.1, 0.15) is 11.7 Å². The van der Waals surface area contributed by atoms with Crippen LogP contribution in [0.3, 0.4) is 0 Å². The minimum atomic E-state index is 0.213. The molecule has 124 valence electrons. The lowest BCUT2D eigenvalue weighted by Crippen LogP contribution is -2.07.